The van der Waals surface area contributed by atoms with Crippen molar-refractivity contribution in [1.29, 1.82) is 0 Å². The second-order valence-corrected chi connectivity index (χ2v) is 2.09. The number of carbonyl (C=O) groups excluding carboxylic acids is 1. The number of aliphatic hydroxyl groups excluding tert-OH is 3. The fourth-order valence-corrected chi connectivity index (χ4v) is 0.777. The minimum atomic E-state index is -1.50. The average Bonchev–Trinajstić information content (AvgIpc) is 2.17. The molecule has 5 nitrogen and oxygen atoms in total. The lowest BCUT2D eigenvalue weighted by Gasteiger charge is -2.08. The van der Waals surface area contributed by atoms with Gasteiger partial charge in [-0.05, 0) is 0 Å². The van der Waals surface area contributed by atoms with Crippen LogP contribution in [0.25, 0.3) is 0 Å². The van der Waals surface area contributed by atoms with Crippen LogP contribution in [0.5, 0.6) is 0 Å². The molecule has 0 aromatic heterocycles. The first kappa shape index (κ1) is 7.46. The van der Waals surface area contributed by atoms with Gasteiger partial charge >= 0.3 is 5.97 Å². The summed E-state index contributed by atoms with van der Waals surface area (Å²) >= 11 is 0. The summed E-state index contributed by atoms with van der Waals surface area (Å²) in [6.07, 6.45) is -3.77. The third kappa shape index (κ3) is 0.985. The first-order valence-electron chi connectivity index (χ1n) is 2.84. The second kappa shape index (κ2) is 2.53. The molecule has 0 saturated carbocycles. The maximum Gasteiger partial charge on any atom is 0.338 e. The van der Waals surface area contributed by atoms with Gasteiger partial charge in [0.05, 0.1) is 6.61 Å². The van der Waals surface area contributed by atoms with Crippen LogP contribution in [0.15, 0.2) is 0 Å². The Morgan fingerprint density at radius 3 is 2.30 bits per heavy atom. The van der Waals surface area contributed by atoms with E-state index in [1.54, 1.807) is 0 Å². The predicted octanol–water partition coefficient (Wildman–Crippen LogP) is -2.37. The van der Waals surface area contributed by atoms with Crippen LogP contribution < -0.4 is 0 Å². The molecule has 1 unspecified atom stereocenters. The van der Waals surface area contributed by atoms with Gasteiger partial charge in [0, 0.05) is 0 Å². The number of hydrogen-bond acceptors (Lipinski definition) is 5. The summed E-state index contributed by atoms with van der Waals surface area (Å²) in [5, 5.41) is 26.0. The Labute approximate surface area is 56.9 Å². The Kier molecular flexibility index (Phi) is 1.89. The summed E-state index contributed by atoms with van der Waals surface area (Å²) in [5.74, 6) is -0.883. The van der Waals surface area contributed by atoms with E-state index in [-0.39, 0.29) is 0 Å². The summed E-state index contributed by atoms with van der Waals surface area (Å²) in [4.78, 5) is 10.4. The Balaban J connectivity index is 2.61. The summed E-state index contributed by atoms with van der Waals surface area (Å²) in [6.45, 7) is -0.468. The van der Waals surface area contributed by atoms with E-state index in [4.69, 9.17) is 15.3 Å². The third-order valence-corrected chi connectivity index (χ3v) is 1.39. The van der Waals surface area contributed by atoms with E-state index in [1.165, 1.54) is 0 Å². The maximum absolute atomic E-state index is 10.4. The highest BCUT2D eigenvalue weighted by molar-refractivity contribution is 5.77. The predicted molar refractivity (Wildman–Crippen MR) is 29.0 cm³/mol. The van der Waals surface area contributed by atoms with Crippen molar-refractivity contribution in [3.05, 3.63) is 0 Å². The molecule has 1 fully saturated rings. The molecule has 3 atom stereocenters. The highest BCUT2D eigenvalue weighted by Gasteiger charge is 2.41. The highest BCUT2D eigenvalue weighted by atomic mass is 16.6. The largest absolute Gasteiger partial charge is 0.455 e. The van der Waals surface area contributed by atoms with Gasteiger partial charge in [0.25, 0.3) is 0 Å². The van der Waals surface area contributed by atoms with Gasteiger partial charge in [0.1, 0.15) is 6.10 Å². The van der Waals surface area contributed by atoms with Crippen molar-refractivity contribution in [2.45, 2.75) is 18.3 Å². The number of rotatable bonds is 1. The number of aliphatic hydroxyl groups is 3. The minimum absolute atomic E-state index is 0.468. The molecule has 1 aliphatic heterocycles. The highest BCUT2D eigenvalue weighted by Crippen LogP contribution is 2.14. The summed E-state index contributed by atoms with van der Waals surface area (Å²) in [7, 11) is 0. The van der Waals surface area contributed by atoms with Crippen molar-refractivity contribution in [2.24, 2.45) is 0 Å². The molecule has 0 aromatic rings. The van der Waals surface area contributed by atoms with Crippen LogP contribution in [0, 0.1) is 0 Å². The van der Waals surface area contributed by atoms with E-state index in [2.05, 4.69) is 4.74 Å². The van der Waals surface area contributed by atoms with Crippen molar-refractivity contribution >= 4 is 5.97 Å². The lowest BCUT2D eigenvalue weighted by Crippen LogP contribution is -2.32. The van der Waals surface area contributed by atoms with Gasteiger partial charge in [-0.15, -0.1) is 0 Å². The number of cyclic esters (lactones) is 1. The van der Waals surface area contributed by atoms with E-state index in [9.17, 15) is 4.79 Å². The molecule has 0 amide bonds. The van der Waals surface area contributed by atoms with Gasteiger partial charge in [-0.25, -0.2) is 4.79 Å². The summed E-state index contributed by atoms with van der Waals surface area (Å²) in [5.41, 5.74) is 0. The molecule has 1 aliphatic rings. The molecule has 0 aliphatic carbocycles. The Morgan fingerprint density at radius 1 is 1.50 bits per heavy atom. The fraction of sp³-hybridized carbons (Fsp3) is 0.800. The molecule has 1 heterocycles. The van der Waals surface area contributed by atoms with Crippen LogP contribution in [0.1, 0.15) is 0 Å². The zero-order valence-electron chi connectivity index (χ0n) is 5.10. The monoisotopic (exact) mass is 148 g/mol. The van der Waals surface area contributed by atoms with E-state index in [0.29, 0.717) is 0 Å². The molecule has 3 N–H and O–H groups in total. The van der Waals surface area contributed by atoms with Crippen LogP contribution >= 0.6 is 0 Å². The van der Waals surface area contributed by atoms with Gasteiger partial charge < -0.3 is 20.1 Å². The Bertz CT molecular complexity index is 145. The molecule has 5 heteroatoms. The van der Waals surface area contributed by atoms with Crippen molar-refractivity contribution in [1.82, 2.24) is 0 Å². The van der Waals surface area contributed by atoms with Gasteiger partial charge in [-0.2, -0.15) is 0 Å². The van der Waals surface area contributed by atoms with Crippen molar-refractivity contribution in [3.8, 4) is 0 Å². The first-order chi connectivity index (χ1) is 4.66. The molecule has 1 rings (SSSR count). The second-order valence-electron chi connectivity index (χ2n) is 2.09. The number of esters is 1. The number of hydrogen-bond donors (Lipinski definition) is 3. The standard InChI is InChI=1S/C5H8O5/c6-1-2-3(7)4(8)5(9)10-2/h2-4,6-8H,1H2/t2-,3-,4?/m0/s1. The molecule has 1 saturated heterocycles. The van der Waals surface area contributed by atoms with Crippen LogP contribution in [0.3, 0.4) is 0 Å². The fourth-order valence-electron chi connectivity index (χ4n) is 0.777. The number of carbonyl (C=O) groups is 1. The first-order valence-corrected chi connectivity index (χ1v) is 2.84. The smallest absolute Gasteiger partial charge is 0.338 e. The van der Waals surface area contributed by atoms with Crippen LogP contribution in [0.4, 0.5) is 0 Å². The third-order valence-electron chi connectivity index (χ3n) is 1.39. The quantitative estimate of drug-likeness (QED) is 0.362. The topological polar surface area (TPSA) is 87.0 Å². The zero-order valence-corrected chi connectivity index (χ0v) is 5.10. The van der Waals surface area contributed by atoms with Gasteiger partial charge in [-0.3, -0.25) is 0 Å². The van der Waals surface area contributed by atoms with Crippen molar-refractivity contribution in [3.63, 3.8) is 0 Å². The Hall–Kier alpha value is -0.650. The molecule has 0 aromatic carbocycles. The van der Waals surface area contributed by atoms with Crippen LogP contribution in [0.2, 0.25) is 0 Å². The van der Waals surface area contributed by atoms with Crippen molar-refractivity contribution < 1.29 is 24.9 Å². The van der Waals surface area contributed by atoms with E-state index >= 15 is 0 Å². The summed E-state index contributed by atoms with van der Waals surface area (Å²) < 4.78 is 4.35. The van der Waals surface area contributed by atoms with Gasteiger partial charge in [-0.1, -0.05) is 0 Å². The molecular weight excluding hydrogens is 140 g/mol. The molecule has 58 valence electrons. The normalized spacial score (nSPS) is 39.9. The SMILES string of the molecule is O=C1O[C@@H](CO)[C@H](O)C1O. The van der Waals surface area contributed by atoms with E-state index in [0.717, 1.165) is 0 Å². The number of ether oxygens (including phenoxy) is 1. The van der Waals surface area contributed by atoms with E-state index < -0.39 is 30.9 Å². The van der Waals surface area contributed by atoms with Crippen LogP contribution in [-0.4, -0.2) is 46.2 Å². The molecular formula is C5H8O5. The van der Waals surface area contributed by atoms with Crippen LogP contribution in [-0.2, 0) is 9.53 Å². The van der Waals surface area contributed by atoms with Gasteiger partial charge in [0.15, 0.2) is 12.2 Å². The van der Waals surface area contributed by atoms with Gasteiger partial charge in [0.2, 0.25) is 0 Å². The van der Waals surface area contributed by atoms with Crippen molar-refractivity contribution in [2.75, 3.05) is 6.61 Å². The molecule has 0 spiro atoms. The summed E-state index contributed by atoms with van der Waals surface area (Å²) in [6, 6.07) is 0. The molecule has 0 radical (unpaired) electrons. The molecule has 0 bridgehead atoms. The average molecular weight is 148 g/mol. The minimum Gasteiger partial charge on any atom is -0.455 e. The lowest BCUT2D eigenvalue weighted by atomic mass is 10.1. The van der Waals surface area contributed by atoms with E-state index in [1.807, 2.05) is 0 Å². The molecule has 10 heavy (non-hydrogen) atoms. The lowest BCUT2D eigenvalue weighted by molar-refractivity contribution is -0.148. The zero-order chi connectivity index (χ0) is 7.72. The maximum atomic E-state index is 10.4. The Morgan fingerprint density at radius 2 is 2.10 bits per heavy atom.